The average molecular weight is 169 g/mol. The van der Waals surface area contributed by atoms with E-state index in [9.17, 15) is 0 Å². The minimum atomic E-state index is 0.476. The zero-order chi connectivity index (χ0) is 9.03. The first-order valence-corrected chi connectivity index (χ1v) is 5.40. The van der Waals surface area contributed by atoms with Crippen LogP contribution in [0.15, 0.2) is 0 Å². The van der Waals surface area contributed by atoms with Gasteiger partial charge in [-0.25, -0.2) is 0 Å². The third-order valence-corrected chi connectivity index (χ3v) is 3.50. The lowest BCUT2D eigenvalue weighted by molar-refractivity contribution is 0.172. The van der Waals surface area contributed by atoms with Crippen LogP contribution in [0.1, 0.15) is 52.4 Å². The molecule has 1 aliphatic rings. The molecule has 2 N–H and O–H groups in total. The van der Waals surface area contributed by atoms with E-state index in [1.807, 2.05) is 0 Å². The van der Waals surface area contributed by atoms with E-state index in [4.69, 9.17) is 5.73 Å². The van der Waals surface area contributed by atoms with E-state index in [0.717, 1.165) is 12.5 Å². The topological polar surface area (TPSA) is 26.0 Å². The fraction of sp³-hybridized carbons (Fsp3) is 1.00. The molecule has 0 amide bonds. The van der Waals surface area contributed by atoms with Crippen LogP contribution in [0.5, 0.6) is 0 Å². The Morgan fingerprint density at radius 2 is 1.92 bits per heavy atom. The van der Waals surface area contributed by atoms with Gasteiger partial charge in [0.25, 0.3) is 0 Å². The number of hydrogen-bond donors (Lipinski definition) is 1. The molecule has 1 heteroatoms. The van der Waals surface area contributed by atoms with E-state index in [2.05, 4.69) is 13.8 Å². The molecule has 0 atom stereocenters. The van der Waals surface area contributed by atoms with Crippen LogP contribution in [-0.4, -0.2) is 6.54 Å². The fourth-order valence-electron chi connectivity index (χ4n) is 2.28. The largest absolute Gasteiger partial charge is 0.330 e. The number of hydrogen-bond acceptors (Lipinski definition) is 1. The Kier molecular flexibility index (Phi) is 3.57. The van der Waals surface area contributed by atoms with Crippen molar-refractivity contribution < 1.29 is 0 Å². The van der Waals surface area contributed by atoms with Crippen LogP contribution in [0, 0.1) is 11.3 Å². The van der Waals surface area contributed by atoms with E-state index in [-0.39, 0.29) is 0 Å². The van der Waals surface area contributed by atoms with Crippen LogP contribution in [-0.2, 0) is 0 Å². The standard InChI is InChI=1S/C11H23N/c1-3-4-10-5-7-11(2,9-12)8-6-10/h10H,3-9,12H2,1-2H3. The van der Waals surface area contributed by atoms with Crippen molar-refractivity contribution in [2.75, 3.05) is 6.54 Å². The van der Waals surface area contributed by atoms with Crippen LogP contribution in [0.3, 0.4) is 0 Å². The molecule has 0 unspecified atom stereocenters. The fourth-order valence-corrected chi connectivity index (χ4v) is 2.28. The highest BCUT2D eigenvalue weighted by Crippen LogP contribution is 2.39. The predicted molar refractivity (Wildman–Crippen MR) is 54.0 cm³/mol. The molecule has 0 radical (unpaired) electrons. The van der Waals surface area contributed by atoms with Crippen LogP contribution >= 0.6 is 0 Å². The van der Waals surface area contributed by atoms with Crippen molar-refractivity contribution in [2.24, 2.45) is 17.1 Å². The van der Waals surface area contributed by atoms with Crippen molar-refractivity contribution in [1.29, 1.82) is 0 Å². The molecule has 1 fully saturated rings. The maximum atomic E-state index is 5.76. The second-order valence-electron chi connectivity index (χ2n) is 4.75. The Bertz CT molecular complexity index is 123. The average Bonchev–Trinajstić information content (AvgIpc) is 2.10. The van der Waals surface area contributed by atoms with Crippen molar-refractivity contribution in [3.8, 4) is 0 Å². The summed E-state index contributed by atoms with van der Waals surface area (Å²) in [6.45, 7) is 5.51. The minimum Gasteiger partial charge on any atom is -0.330 e. The van der Waals surface area contributed by atoms with E-state index in [1.165, 1.54) is 38.5 Å². The predicted octanol–water partition coefficient (Wildman–Crippen LogP) is 2.94. The summed E-state index contributed by atoms with van der Waals surface area (Å²) in [5, 5.41) is 0. The Morgan fingerprint density at radius 1 is 1.33 bits per heavy atom. The van der Waals surface area contributed by atoms with Gasteiger partial charge in [-0.2, -0.15) is 0 Å². The van der Waals surface area contributed by atoms with Gasteiger partial charge in [0.05, 0.1) is 0 Å². The molecule has 0 heterocycles. The third kappa shape index (κ3) is 2.48. The molecule has 0 aromatic rings. The van der Waals surface area contributed by atoms with Crippen LogP contribution in [0.4, 0.5) is 0 Å². The van der Waals surface area contributed by atoms with Gasteiger partial charge in [-0.1, -0.05) is 26.7 Å². The summed E-state index contributed by atoms with van der Waals surface area (Å²) in [6, 6.07) is 0. The zero-order valence-electron chi connectivity index (χ0n) is 8.60. The summed E-state index contributed by atoms with van der Waals surface area (Å²) in [4.78, 5) is 0. The second-order valence-corrected chi connectivity index (χ2v) is 4.75. The van der Waals surface area contributed by atoms with Crippen molar-refractivity contribution in [1.82, 2.24) is 0 Å². The van der Waals surface area contributed by atoms with E-state index >= 15 is 0 Å². The van der Waals surface area contributed by atoms with E-state index in [0.29, 0.717) is 5.41 Å². The lowest BCUT2D eigenvalue weighted by atomic mass is 9.71. The molecule has 0 aromatic heterocycles. The third-order valence-electron chi connectivity index (χ3n) is 3.50. The summed E-state index contributed by atoms with van der Waals surface area (Å²) in [5.41, 5.74) is 6.23. The Balaban J connectivity index is 2.29. The molecule has 0 aliphatic heterocycles. The zero-order valence-corrected chi connectivity index (χ0v) is 8.60. The molecule has 0 bridgehead atoms. The van der Waals surface area contributed by atoms with Gasteiger partial charge in [0.2, 0.25) is 0 Å². The number of rotatable bonds is 3. The molecule has 0 saturated heterocycles. The Labute approximate surface area is 76.7 Å². The van der Waals surface area contributed by atoms with Crippen molar-refractivity contribution in [3.63, 3.8) is 0 Å². The highest BCUT2D eigenvalue weighted by Gasteiger charge is 2.28. The molecular weight excluding hydrogens is 146 g/mol. The van der Waals surface area contributed by atoms with Crippen molar-refractivity contribution >= 4 is 0 Å². The van der Waals surface area contributed by atoms with Gasteiger partial charge in [0.1, 0.15) is 0 Å². The molecule has 1 nitrogen and oxygen atoms in total. The lowest BCUT2D eigenvalue weighted by Gasteiger charge is -2.36. The molecule has 12 heavy (non-hydrogen) atoms. The summed E-state index contributed by atoms with van der Waals surface area (Å²) in [5.74, 6) is 1.01. The molecule has 1 rings (SSSR count). The maximum absolute atomic E-state index is 5.76. The quantitative estimate of drug-likeness (QED) is 0.690. The van der Waals surface area contributed by atoms with E-state index < -0.39 is 0 Å². The van der Waals surface area contributed by atoms with Crippen molar-refractivity contribution in [2.45, 2.75) is 52.4 Å². The molecule has 0 aromatic carbocycles. The molecule has 0 spiro atoms. The number of nitrogens with two attached hydrogens (primary N) is 1. The highest BCUT2D eigenvalue weighted by atomic mass is 14.6. The first kappa shape index (κ1) is 10.0. The molecule has 72 valence electrons. The second kappa shape index (κ2) is 4.27. The Hall–Kier alpha value is -0.0400. The minimum absolute atomic E-state index is 0.476. The summed E-state index contributed by atoms with van der Waals surface area (Å²) in [7, 11) is 0. The molecule has 1 aliphatic carbocycles. The SMILES string of the molecule is CCCC1CCC(C)(CN)CC1. The van der Waals surface area contributed by atoms with Gasteiger partial charge in [-0.15, -0.1) is 0 Å². The van der Waals surface area contributed by atoms with Gasteiger partial charge in [-0.05, 0) is 43.6 Å². The highest BCUT2D eigenvalue weighted by molar-refractivity contribution is 4.82. The van der Waals surface area contributed by atoms with Crippen LogP contribution in [0.25, 0.3) is 0 Å². The first-order chi connectivity index (χ1) is 5.70. The van der Waals surface area contributed by atoms with Crippen molar-refractivity contribution in [3.05, 3.63) is 0 Å². The van der Waals surface area contributed by atoms with E-state index in [1.54, 1.807) is 0 Å². The normalized spacial score (nSPS) is 36.8. The van der Waals surface area contributed by atoms with Gasteiger partial charge in [-0.3, -0.25) is 0 Å². The Morgan fingerprint density at radius 3 is 2.33 bits per heavy atom. The van der Waals surface area contributed by atoms with Gasteiger partial charge >= 0.3 is 0 Å². The molecular formula is C11H23N. The summed E-state index contributed by atoms with van der Waals surface area (Å²) >= 11 is 0. The monoisotopic (exact) mass is 169 g/mol. The first-order valence-electron chi connectivity index (χ1n) is 5.40. The smallest absolute Gasteiger partial charge is 0.00232 e. The van der Waals surface area contributed by atoms with Gasteiger partial charge in [0.15, 0.2) is 0 Å². The summed E-state index contributed by atoms with van der Waals surface area (Å²) in [6.07, 6.45) is 8.33. The van der Waals surface area contributed by atoms with Crippen LogP contribution in [0.2, 0.25) is 0 Å². The van der Waals surface area contributed by atoms with Gasteiger partial charge < -0.3 is 5.73 Å². The molecule has 1 saturated carbocycles. The van der Waals surface area contributed by atoms with Gasteiger partial charge in [0, 0.05) is 0 Å². The van der Waals surface area contributed by atoms with Crippen LogP contribution < -0.4 is 5.73 Å². The lowest BCUT2D eigenvalue weighted by Crippen LogP contribution is -2.31. The summed E-state index contributed by atoms with van der Waals surface area (Å²) < 4.78 is 0. The maximum Gasteiger partial charge on any atom is -0.00232 e.